The molecule has 0 spiro atoms. The molecule has 0 aliphatic heterocycles. The van der Waals surface area contributed by atoms with Crippen molar-refractivity contribution in [2.75, 3.05) is 0 Å². The van der Waals surface area contributed by atoms with Gasteiger partial charge in [-0.15, -0.1) is 0 Å². The zero-order chi connectivity index (χ0) is 25.7. The highest BCUT2D eigenvalue weighted by Crippen LogP contribution is 2.33. The van der Waals surface area contributed by atoms with E-state index in [0.29, 0.717) is 16.7 Å². The molecule has 0 bridgehead atoms. The molecule has 0 aliphatic rings. The lowest BCUT2D eigenvalue weighted by Crippen LogP contribution is -2.29. The molecule has 9 N–H and O–H groups in total. The maximum absolute atomic E-state index is 11.8. The quantitative estimate of drug-likeness (QED) is 0.141. The van der Waals surface area contributed by atoms with Crippen molar-refractivity contribution in [3.8, 4) is 33.4 Å². The molecule has 9 heteroatoms. The third kappa shape index (κ3) is 5.13. The highest BCUT2D eigenvalue weighted by atomic mass is 16.2. The first-order valence-corrected chi connectivity index (χ1v) is 10.9. The molecule has 0 unspecified atom stereocenters. The summed E-state index contributed by atoms with van der Waals surface area (Å²) in [5, 5.41) is 0. The first-order valence-electron chi connectivity index (χ1n) is 10.9. The Morgan fingerprint density at radius 3 is 0.806 bits per heavy atom. The Balaban J connectivity index is 1.80. The number of nitrogens with two attached hydrogens (primary N) is 3. The number of hydrogen-bond acceptors (Lipinski definition) is 6. The Hall–Kier alpha value is -4.83. The number of amides is 3. The Morgan fingerprint density at radius 2 is 0.611 bits per heavy atom. The molecule has 180 valence electrons. The topological polar surface area (TPSA) is 165 Å². The van der Waals surface area contributed by atoms with Crippen LogP contribution >= 0.6 is 0 Å². The van der Waals surface area contributed by atoms with Crippen molar-refractivity contribution in [3.63, 3.8) is 0 Å². The molecule has 0 saturated heterocycles. The average Bonchev–Trinajstić information content (AvgIpc) is 2.95. The number of benzene rings is 4. The molecular formula is C27H24N6O3. The molecule has 0 saturated carbocycles. The summed E-state index contributed by atoms with van der Waals surface area (Å²) in [6.07, 6.45) is 0. The van der Waals surface area contributed by atoms with Gasteiger partial charge < -0.3 is 0 Å². The predicted octanol–water partition coefficient (Wildman–Crippen LogP) is 2.50. The van der Waals surface area contributed by atoms with Gasteiger partial charge in [-0.2, -0.15) is 0 Å². The van der Waals surface area contributed by atoms with Gasteiger partial charge in [0.15, 0.2) is 0 Å². The van der Waals surface area contributed by atoms with Crippen molar-refractivity contribution in [1.82, 2.24) is 16.3 Å². The fourth-order valence-electron chi connectivity index (χ4n) is 3.82. The Labute approximate surface area is 207 Å². The van der Waals surface area contributed by atoms with Crippen LogP contribution in [0.4, 0.5) is 0 Å². The first-order chi connectivity index (χ1) is 17.4. The van der Waals surface area contributed by atoms with Crippen LogP contribution in [0.3, 0.4) is 0 Å². The summed E-state index contributed by atoms with van der Waals surface area (Å²) in [5.41, 5.74) is 13.1. The van der Waals surface area contributed by atoms with Crippen LogP contribution in [0.1, 0.15) is 31.1 Å². The number of hydrogen-bond donors (Lipinski definition) is 6. The van der Waals surface area contributed by atoms with E-state index in [0.717, 1.165) is 33.4 Å². The summed E-state index contributed by atoms with van der Waals surface area (Å²) >= 11 is 0. The van der Waals surface area contributed by atoms with Crippen molar-refractivity contribution in [3.05, 3.63) is 108 Å². The zero-order valence-corrected chi connectivity index (χ0v) is 19.1. The minimum atomic E-state index is -0.376. The smallest absolute Gasteiger partial charge is 0.265 e. The molecular weight excluding hydrogens is 456 g/mol. The van der Waals surface area contributed by atoms with Gasteiger partial charge in [0.2, 0.25) is 0 Å². The summed E-state index contributed by atoms with van der Waals surface area (Å²) in [6, 6.07) is 27.3. The number of carbonyl (C=O) groups is 3. The van der Waals surface area contributed by atoms with Crippen LogP contribution < -0.4 is 33.8 Å². The van der Waals surface area contributed by atoms with Gasteiger partial charge in [-0.25, -0.2) is 17.5 Å². The molecule has 0 heterocycles. The van der Waals surface area contributed by atoms with Crippen LogP contribution in [-0.2, 0) is 0 Å². The minimum Gasteiger partial charge on any atom is -0.290 e. The van der Waals surface area contributed by atoms with Gasteiger partial charge in [0.05, 0.1) is 0 Å². The molecule has 0 aliphatic carbocycles. The van der Waals surface area contributed by atoms with Crippen molar-refractivity contribution < 1.29 is 14.4 Å². The zero-order valence-electron chi connectivity index (χ0n) is 19.1. The normalized spacial score (nSPS) is 10.4. The fourth-order valence-corrected chi connectivity index (χ4v) is 3.82. The van der Waals surface area contributed by atoms with Crippen LogP contribution in [-0.4, -0.2) is 17.7 Å². The second-order valence-electron chi connectivity index (χ2n) is 7.95. The summed E-state index contributed by atoms with van der Waals surface area (Å²) in [5.74, 6) is 14.6. The van der Waals surface area contributed by atoms with Gasteiger partial charge in [-0.3, -0.25) is 30.7 Å². The SMILES string of the molecule is NNC(=O)c1ccc(-c2cc(-c3ccc(C(=O)NN)cc3)cc(-c3ccc(C(=O)NN)cc3)c2)cc1. The van der Waals surface area contributed by atoms with Crippen molar-refractivity contribution in [2.24, 2.45) is 17.5 Å². The number of carbonyl (C=O) groups excluding carboxylic acids is 3. The second-order valence-corrected chi connectivity index (χ2v) is 7.95. The Morgan fingerprint density at radius 1 is 0.389 bits per heavy atom. The van der Waals surface area contributed by atoms with E-state index in [-0.39, 0.29) is 17.7 Å². The van der Waals surface area contributed by atoms with Gasteiger partial charge in [0.1, 0.15) is 0 Å². The number of hydrazine groups is 3. The van der Waals surface area contributed by atoms with Gasteiger partial charge in [-0.1, -0.05) is 36.4 Å². The van der Waals surface area contributed by atoms with Gasteiger partial charge in [0.25, 0.3) is 17.7 Å². The van der Waals surface area contributed by atoms with Crippen molar-refractivity contribution in [1.29, 1.82) is 0 Å². The lowest BCUT2D eigenvalue weighted by atomic mass is 9.92. The van der Waals surface area contributed by atoms with Crippen LogP contribution in [0.2, 0.25) is 0 Å². The van der Waals surface area contributed by atoms with Crippen LogP contribution in [0.15, 0.2) is 91.0 Å². The molecule has 0 aromatic heterocycles. The van der Waals surface area contributed by atoms with Gasteiger partial charge in [0, 0.05) is 16.7 Å². The molecule has 4 aromatic rings. The highest BCUT2D eigenvalue weighted by Gasteiger charge is 2.11. The van der Waals surface area contributed by atoms with E-state index in [1.165, 1.54) is 0 Å². The molecule has 0 radical (unpaired) electrons. The number of nitrogen functional groups attached to an aromatic ring is 3. The van der Waals surface area contributed by atoms with Gasteiger partial charge in [-0.05, 0) is 88.0 Å². The molecule has 0 fully saturated rings. The van der Waals surface area contributed by atoms with E-state index >= 15 is 0 Å². The van der Waals surface area contributed by atoms with E-state index in [9.17, 15) is 14.4 Å². The summed E-state index contributed by atoms with van der Waals surface area (Å²) < 4.78 is 0. The lowest BCUT2D eigenvalue weighted by molar-refractivity contribution is 0.0945. The summed E-state index contributed by atoms with van der Waals surface area (Å²) in [7, 11) is 0. The Kier molecular flexibility index (Phi) is 7.17. The number of rotatable bonds is 6. The first kappa shape index (κ1) is 24.3. The van der Waals surface area contributed by atoms with E-state index in [1.54, 1.807) is 36.4 Å². The van der Waals surface area contributed by atoms with Gasteiger partial charge >= 0.3 is 0 Å². The number of nitrogens with one attached hydrogen (secondary N) is 3. The molecule has 4 aromatic carbocycles. The second kappa shape index (κ2) is 10.6. The average molecular weight is 481 g/mol. The molecule has 36 heavy (non-hydrogen) atoms. The highest BCUT2D eigenvalue weighted by molar-refractivity contribution is 5.96. The minimum absolute atomic E-state index is 0.376. The van der Waals surface area contributed by atoms with E-state index in [1.807, 2.05) is 54.6 Å². The van der Waals surface area contributed by atoms with Crippen LogP contribution in [0.25, 0.3) is 33.4 Å². The Bertz CT molecular complexity index is 1230. The molecule has 9 nitrogen and oxygen atoms in total. The third-order valence-corrected chi connectivity index (χ3v) is 5.77. The third-order valence-electron chi connectivity index (χ3n) is 5.77. The molecule has 0 atom stereocenters. The largest absolute Gasteiger partial charge is 0.290 e. The maximum Gasteiger partial charge on any atom is 0.265 e. The van der Waals surface area contributed by atoms with E-state index in [4.69, 9.17) is 17.5 Å². The predicted molar refractivity (Wildman–Crippen MR) is 138 cm³/mol. The van der Waals surface area contributed by atoms with Crippen LogP contribution in [0, 0.1) is 0 Å². The monoisotopic (exact) mass is 480 g/mol. The summed E-state index contributed by atoms with van der Waals surface area (Å²) in [4.78, 5) is 35.5. The van der Waals surface area contributed by atoms with Crippen molar-refractivity contribution in [2.45, 2.75) is 0 Å². The maximum atomic E-state index is 11.8. The van der Waals surface area contributed by atoms with Crippen molar-refractivity contribution >= 4 is 17.7 Å². The summed E-state index contributed by atoms with van der Waals surface area (Å²) in [6.45, 7) is 0. The van der Waals surface area contributed by atoms with E-state index in [2.05, 4.69) is 16.3 Å². The molecule has 4 rings (SSSR count). The lowest BCUT2D eigenvalue weighted by Gasteiger charge is -2.12. The van der Waals surface area contributed by atoms with Crippen LogP contribution in [0.5, 0.6) is 0 Å². The van der Waals surface area contributed by atoms with E-state index < -0.39 is 0 Å². The molecule has 3 amide bonds. The fraction of sp³-hybridized carbons (Fsp3) is 0. The standard InChI is InChI=1S/C27H24N6O3/c28-31-25(34)19-7-1-16(2-8-19)22-13-23(17-3-9-20(10-4-17)26(35)32-29)15-24(14-22)18-5-11-21(12-6-18)27(36)33-30/h1-15H,28-30H2,(H,31,34)(H,32,35)(H,33,36).